The summed E-state index contributed by atoms with van der Waals surface area (Å²) in [5, 5.41) is 10.0. The molecule has 2 aliphatic rings. The van der Waals surface area contributed by atoms with E-state index in [9.17, 15) is 22.7 Å². The first-order valence-corrected chi connectivity index (χ1v) is 10.9. The van der Waals surface area contributed by atoms with Gasteiger partial charge in [-0.1, -0.05) is 36.4 Å². The van der Waals surface area contributed by atoms with Crippen molar-refractivity contribution in [1.82, 2.24) is 9.80 Å². The first kappa shape index (κ1) is 22.2. The molecule has 2 fully saturated rings. The van der Waals surface area contributed by atoms with Gasteiger partial charge in [0.2, 0.25) is 0 Å². The molecule has 31 heavy (non-hydrogen) atoms. The number of aliphatic hydroxyl groups excluding tert-OH is 1. The summed E-state index contributed by atoms with van der Waals surface area (Å²) in [4.78, 5) is 4.18. The summed E-state index contributed by atoms with van der Waals surface area (Å²) in [6.45, 7) is 2.15. The number of nitrogens with zero attached hydrogens (tertiary/aromatic N) is 2. The average Bonchev–Trinajstić information content (AvgIpc) is 2.72. The second-order valence-electron chi connectivity index (χ2n) is 8.59. The molecule has 0 aromatic heterocycles. The SMILES string of the molecule is OC[C@@H]1[C@H](c2ccc(-c3cccc(F)c3)cc2)[C@@H]2CN(CCC(F)(F)F)CCCCN12. The Bertz CT molecular complexity index is 871. The number of hydrogen-bond donors (Lipinski definition) is 1. The van der Waals surface area contributed by atoms with Crippen LogP contribution in [0.5, 0.6) is 0 Å². The van der Waals surface area contributed by atoms with Gasteiger partial charge < -0.3 is 10.0 Å². The van der Waals surface area contributed by atoms with Crippen LogP contribution in [0, 0.1) is 5.82 Å². The van der Waals surface area contributed by atoms with Gasteiger partial charge in [0.05, 0.1) is 13.0 Å². The van der Waals surface area contributed by atoms with Crippen LogP contribution < -0.4 is 0 Å². The fourth-order valence-corrected chi connectivity index (χ4v) is 5.07. The summed E-state index contributed by atoms with van der Waals surface area (Å²) in [7, 11) is 0. The minimum Gasteiger partial charge on any atom is -0.395 e. The highest BCUT2D eigenvalue weighted by molar-refractivity contribution is 5.63. The van der Waals surface area contributed by atoms with E-state index < -0.39 is 12.6 Å². The molecule has 3 atom stereocenters. The molecule has 0 aliphatic carbocycles. The second-order valence-corrected chi connectivity index (χ2v) is 8.59. The van der Waals surface area contributed by atoms with E-state index in [1.807, 2.05) is 35.2 Å². The van der Waals surface area contributed by atoms with Gasteiger partial charge in [-0.25, -0.2) is 4.39 Å². The predicted octanol–water partition coefficient (Wildman–Crippen LogP) is 4.67. The van der Waals surface area contributed by atoms with E-state index in [1.165, 1.54) is 12.1 Å². The third-order valence-corrected chi connectivity index (χ3v) is 6.62. The normalized spacial score (nSPS) is 25.4. The summed E-state index contributed by atoms with van der Waals surface area (Å²) < 4.78 is 51.8. The minimum absolute atomic E-state index is 0.0167. The topological polar surface area (TPSA) is 26.7 Å². The molecule has 2 aromatic carbocycles. The summed E-state index contributed by atoms with van der Waals surface area (Å²) in [6, 6.07) is 14.4. The van der Waals surface area contributed by atoms with Crippen LogP contribution in [0.2, 0.25) is 0 Å². The van der Waals surface area contributed by atoms with Crippen LogP contribution in [-0.4, -0.2) is 66.0 Å². The first-order chi connectivity index (χ1) is 14.9. The molecule has 7 heteroatoms. The quantitative estimate of drug-likeness (QED) is 0.690. The van der Waals surface area contributed by atoms with Crippen molar-refractivity contribution in [1.29, 1.82) is 0 Å². The molecule has 0 radical (unpaired) electrons. The summed E-state index contributed by atoms with van der Waals surface area (Å²) in [5.74, 6) is -0.219. The van der Waals surface area contributed by atoms with E-state index in [-0.39, 0.29) is 37.0 Å². The lowest BCUT2D eigenvalue weighted by molar-refractivity contribution is -0.140. The molecule has 4 rings (SSSR count). The van der Waals surface area contributed by atoms with Crippen molar-refractivity contribution >= 4 is 0 Å². The van der Waals surface area contributed by atoms with Gasteiger partial charge in [-0.3, -0.25) is 4.90 Å². The van der Waals surface area contributed by atoms with Gasteiger partial charge >= 0.3 is 6.18 Å². The molecular weight excluding hydrogens is 408 g/mol. The van der Waals surface area contributed by atoms with Crippen LogP contribution in [0.15, 0.2) is 48.5 Å². The molecule has 168 valence electrons. The van der Waals surface area contributed by atoms with Crippen molar-refractivity contribution < 1.29 is 22.7 Å². The molecule has 2 aromatic rings. The van der Waals surface area contributed by atoms with E-state index in [0.717, 1.165) is 36.1 Å². The highest BCUT2D eigenvalue weighted by Crippen LogP contribution is 2.42. The zero-order chi connectivity index (χ0) is 22.0. The Morgan fingerprint density at radius 3 is 2.39 bits per heavy atom. The summed E-state index contributed by atoms with van der Waals surface area (Å²) in [5.41, 5.74) is 2.77. The van der Waals surface area contributed by atoms with E-state index in [4.69, 9.17) is 0 Å². The fraction of sp³-hybridized carbons (Fsp3) is 0.500. The van der Waals surface area contributed by atoms with Gasteiger partial charge in [0.1, 0.15) is 5.82 Å². The van der Waals surface area contributed by atoms with Crippen LogP contribution in [0.3, 0.4) is 0 Å². The number of rotatable bonds is 5. The molecule has 3 nitrogen and oxygen atoms in total. The lowest BCUT2D eigenvalue weighted by atomic mass is 9.74. The molecule has 0 spiro atoms. The van der Waals surface area contributed by atoms with Gasteiger partial charge in [-0.2, -0.15) is 13.2 Å². The number of alkyl halides is 3. The average molecular weight is 436 g/mol. The smallest absolute Gasteiger partial charge is 0.390 e. The van der Waals surface area contributed by atoms with Crippen molar-refractivity contribution in [3.05, 3.63) is 59.9 Å². The maximum atomic E-state index is 13.5. The third kappa shape index (κ3) is 5.10. The largest absolute Gasteiger partial charge is 0.395 e. The van der Waals surface area contributed by atoms with Gasteiger partial charge in [0, 0.05) is 31.1 Å². The molecule has 0 saturated carbocycles. The van der Waals surface area contributed by atoms with Crippen LogP contribution in [0.1, 0.15) is 30.7 Å². The molecule has 0 amide bonds. The van der Waals surface area contributed by atoms with Crippen molar-refractivity contribution in [3.63, 3.8) is 0 Å². The predicted molar refractivity (Wildman–Crippen MR) is 112 cm³/mol. The standard InChI is InChI=1S/C24H28F4N2O/c25-20-5-3-4-19(14-20)17-6-8-18(9-7-17)23-21-15-29(13-10-24(26,27)28)11-1-2-12-30(21)22(23)16-31/h3-9,14,21-23,31H,1-2,10-13,15-16H2/t21-,22+,23+/m0/s1. The Balaban J connectivity index is 1.52. The molecule has 0 unspecified atom stereocenters. The number of benzene rings is 2. The van der Waals surface area contributed by atoms with Crippen molar-refractivity contribution in [3.8, 4) is 11.1 Å². The maximum absolute atomic E-state index is 13.5. The Hall–Kier alpha value is -1.96. The molecule has 2 saturated heterocycles. The zero-order valence-electron chi connectivity index (χ0n) is 17.4. The van der Waals surface area contributed by atoms with Crippen molar-refractivity contribution in [2.75, 3.05) is 32.8 Å². The van der Waals surface area contributed by atoms with Gasteiger partial charge in [0.25, 0.3) is 0 Å². The molecular formula is C24H28F4N2O. The Morgan fingerprint density at radius 2 is 1.71 bits per heavy atom. The monoisotopic (exact) mass is 436 g/mol. The number of halogens is 4. The van der Waals surface area contributed by atoms with Crippen LogP contribution >= 0.6 is 0 Å². The third-order valence-electron chi connectivity index (χ3n) is 6.62. The van der Waals surface area contributed by atoms with Crippen LogP contribution in [-0.2, 0) is 0 Å². The van der Waals surface area contributed by atoms with Crippen molar-refractivity contribution in [2.45, 2.75) is 43.4 Å². The molecule has 0 bridgehead atoms. The molecule has 2 heterocycles. The zero-order valence-corrected chi connectivity index (χ0v) is 17.4. The van der Waals surface area contributed by atoms with Gasteiger partial charge in [0.15, 0.2) is 0 Å². The molecule has 1 N–H and O–H groups in total. The number of fused-ring (bicyclic) bond motifs is 1. The highest BCUT2D eigenvalue weighted by atomic mass is 19.4. The van der Waals surface area contributed by atoms with E-state index in [0.29, 0.717) is 13.1 Å². The lowest BCUT2D eigenvalue weighted by Gasteiger charge is -2.57. The Kier molecular flexibility index (Phi) is 6.65. The van der Waals surface area contributed by atoms with E-state index in [1.54, 1.807) is 6.07 Å². The van der Waals surface area contributed by atoms with E-state index >= 15 is 0 Å². The van der Waals surface area contributed by atoms with E-state index in [2.05, 4.69) is 4.90 Å². The van der Waals surface area contributed by atoms with Crippen LogP contribution in [0.25, 0.3) is 11.1 Å². The highest BCUT2D eigenvalue weighted by Gasteiger charge is 2.49. The van der Waals surface area contributed by atoms with Crippen molar-refractivity contribution in [2.24, 2.45) is 0 Å². The summed E-state index contributed by atoms with van der Waals surface area (Å²) >= 11 is 0. The Labute approximate surface area is 180 Å². The second kappa shape index (κ2) is 9.27. The Morgan fingerprint density at radius 1 is 0.968 bits per heavy atom. The summed E-state index contributed by atoms with van der Waals surface area (Å²) in [6.07, 6.45) is -3.16. The number of hydrogen-bond acceptors (Lipinski definition) is 3. The minimum atomic E-state index is -4.15. The van der Waals surface area contributed by atoms with Gasteiger partial charge in [-0.05, 0) is 54.8 Å². The van der Waals surface area contributed by atoms with Crippen LogP contribution in [0.4, 0.5) is 17.6 Å². The van der Waals surface area contributed by atoms with Gasteiger partial charge in [-0.15, -0.1) is 0 Å². The fourth-order valence-electron chi connectivity index (χ4n) is 5.07. The first-order valence-electron chi connectivity index (χ1n) is 10.9. The lowest BCUT2D eigenvalue weighted by Crippen LogP contribution is -2.67. The maximum Gasteiger partial charge on any atom is 0.390 e. The number of aliphatic hydroxyl groups is 1. The molecule has 2 aliphatic heterocycles.